The molecule has 0 radical (unpaired) electrons. The Kier molecular flexibility index (Phi) is 24.3. The molecule has 0 saturated carbocycles. The molecule has 0 aliphatic carbocycles. The van der Waals surface area contributed by atoms with Gasteiger partial charge in [-0.3, -0.25) is 0 Å². The molecule has 0 fully saturated rings. The average Bonchev–Trinajstić information content (AvgIpc) is 0.811. The van der Waals surface area contributed by atoms with E-state index in [1.54, 1.807) is 0 Å². The minimum absolute atomic E-state index is 0. The number of hydrogen-bond acceptors (Lipinski definition) is 4. The maximum absolute atomic E-state index is 7.17. The van der Waals surface area contributed by atoms with Gasteiger partial charge in [-0.15, -0.1) is 0 Å². The van der Waals surface area contributed by atoms with Gasteiger partial charge in [-0.2, -0.15) is 0 Å². The zero-order valence-electron chi connectivity index (χ0n) is 3.13. The van der Waals surface area contributed by atoms with E-state index in [9.17, 15) is 0 Å². The summed E-state index contributed by atoms with van der Waals surface area (Å²) in [5.74, 6) is 0. The van der Waals surface area contributed by atoms with Crippen LogP contribution in [0, 0.1) is 0 Å². The fourth-order valence-corrected chi connectivity index (χ4v) is 0. The maximum Gasteiger partial charge on any atom is 0.631 e. The molecule has 0 saturated heterocycles. The molecule has 0 spiro atoms. The fourth-order valence-electron chi connectivity index (χ4n) is 0. The van der Waals surface area contributed by atoms with Crippen LogP contribution in [0.4, 0.5) is 0 Å². The molecule has 0 aromatic rings. The Bertz CT molecular complexity index is 15.5. The van der Waals surface area contributed by atoms with E-state index in [2.05, 4.69) is 0 Å². The molecule has 0 amide bonds. The van der Waals surface area contributed by atoms with Crippen LogP contribution in [0.15, 0.2) is 0 Å². The van der Waals surface area contributed by atoms with E-state index in [4.69, 9.17) is 15.1 Å². The third kappa shape index (κ3) is 158. The number of rotatable bonds is 0. The van der Waals surface area contributed by atoms with Crippen LogP contribution >= 0.6 is 0 Å². The molecule has 0 unspecified atom stereocenters. The largest absolute Gasteiger partial charge is 0.631 e. The SMILES string of the molecule is N.OB(O)O.[Ti]. The summed E-state index contributed by atoms with van der Waals surface area (Å²) in [6.45, 7) is 0. The predicted molar refractivity (Wildman–Crippen MR) is 17.4 cm³/mol. The topological polar surface area (TPSA) is 95.7 Å². The molecule has 0 rings (SSSR count). The Balaban J connectivity index is -0.0000000450. The van der Waals surface area contributed by atoms with Crippen molar-refractivity contribution in [3.8, 4) is 0 Å². The molecular formula is H6BNO3Ti. The van der Waals surface area contributed by atoms with Gasteiger partial charge in [-0.25, -0.2) is 0 Å². The average molecular weight is 127 g/mol. The predicted octanol–water partition coefficient (Wildman–Crippen LogP) is -1.89. The standard InChI is InChI=1S/BH3O3.H3N.Ti/c2-1(3)4;;/h2-4H;1H3;. The van der Waals surface area contributed by atoms with Crippen LogP contribution in [0.3, 0.4) is 0 Å². The zero-order chi connectivity index (χ0) is 3.58. The van der Waals surface area contributed by atoms with Gasteiger partial charge in [-0.1, -0.05) is 0 Å². The van der Waals surface area contributed by atoms with E-state index in [0.717, 1.165) is 0 Å². The number of hydrogen-bond donors (Lipinski definition) is 4. The summed E-state index contributed by atoms with van der Waals surface area (Å²) in [6.07, 6.45) is 0. The Morgan fingerprint density at radius 3 is 1.00 bits per heavy atom. The first kappa shape index (κ1) is 16.0. The molecule has 0 bridgehead atoms. The van der Waals surface area contributed by atoms with E-state index in [1.807, 2.05) is 0 Å². The van der Waals surface area contributed by atoms with Gasteiger partial charge >= 0.3 is 7.32 Å². The Hall–Kier alpha value is 0.619. The van der Waals surface area contributed by atoms with Gasteiger partial charge in [-0.05, 0) is 0 Å². The first-order valence-corrected chi connectivity index (χ1v) is 0.775. The molecule has 0 aromatic heterocycles. The van der Waals surface area contributed by atoms with E-state index >= 15 is 0 Å². The summed E-state index contributed by atoms with van der Waals surface area (Å²) in [5, 5.41) is 21.5. The van der Waals surface area contributed by atoms with Crippen molar-refractivity contribution < 1.29 is 36.8 Å². The van der Waals surface area contributed by atoms with E-state index < -0.39 is 7.32 Å². The Labute approximate surface area is 50.8 Å². The summed E-state index contributed by atoms with van der Waals surface area (Å²) in [5.41, 5.74) is 0. The molecular weight excluding hydrogens is 121 g/mol. The zero-order valence-corrected chi connectivity index (χ0v) is 4.69. The van der Waals surface area contributed by atoms with E-state index in [-0.39, 0.29) is 27.9 Å². The molecule has 6 heteroatoms. The van der Waals surface area contributed by atoms with Crippen LogP contribution in [0.2, 0.25) is 0 Å². The van der Waals surface area contributed by atoms with Crippen molar-refractivity contribution in [3.63, 3.8) is 0 Å². The molecule has 36 valence electrons. The van der Waals surface area contributed by atoms with Crippen molar-refractivity contribution in [1.82, 2.24) is 6.15 Å². The fraction of sp³-hybridized carbons (Fsp3) is 0. The molecule has 6 heavy (non-hydrogen) atoms. The smallest absolute Gasteiger partial charge is 0.402 e. The second-order valence-electron chi connectivity index (χ2n) is 0.346. The van der Waals surface area contributed by atoms with Crippen molar-refractivity contribution in [3.05, 3.63) is 0 Å². The van der Waals surface area contributed by atoms with Crippen molar-refractivity contribution in [1.29, 1.82) is 0 Å². The summed E-state index contributed by atoms with van der Waals surface area (Å²) in [4.78, 5) is 0. The summed E-state index contributed by atoms with van der Waals surface area (Å²) < 4.78 is 0. The van der Waals surface area contributed by atoms with Gasteiger partial charge in [0.15, 0.2) is 0 Å². The van der Waals surface area contributed by atoms with Gasteiger partial charge in [0.2, 0.25) is 0 Å². The van der Waals surface area contributed by atoms with Crippen LogP contribution in [0.5, 0.6) is 0 Å². The van der Waals surface area contributed by atoms with Gasteiger partial charge in [0.25, 0.3) is 0 Å². The normalized spacial score (nSPS) is 4.50. The molecule has 0 heterocycles. The second kappa shape index (κ2) is 9.15. The summed E-state index contributed by atoms with van der Waals surface area (Å²) >= 11 is 0. The molecule has 0 aliphatic rings. The second-order valence-corrected chi connectivity index (χ2v) is 0.346. The third-order valence-electron chi connectivity index (χ3n) is 0. The molecule has 4 nitrogen and oxygen atoms in total. The minimum Gasteiger partial charge on any atom is -0.402 e. The first-order chi connectivity index (χ1) is 1.73. The maximum atomic E-state index is 7.17. The minimum atomic E-state index is -2.17. The summed E-state index contributed by atoms with van der Waals surface area (Å²) in [6, 6.07) is 0. The van der Waals surface area contributed by atoms with Crippen LogP contribution in [-0.2, 0) is 21.7 Å². The van der Waals surface area contributed by atoms with Gasteiger partial charge in [0.1, 0.15) is 0 Å². The van der Waals surface area contributed by atoms with Crippen LogP contribution in [-0.4, -0.2) is 22.4 Å². The quantitative estimate of drug-likeness (QED) is 0.286. The van der Waals surface area contributed by atoms with Crippen molar-refractivity contribution in [2.24, 2.45) is 0 Å². The Morgan fingerprint density at radius 2 is 1.00 bits per heavy atom. The first-order valence-electron chi connectivity index (χ1n) is 0.775. The van der Waals surface area contributed by atoms with Crippen molar-refractivity contribution in [2.45, 2.75) is 0 Å². The van der Waals surface area contributed by atoms with Gasteiger partial charge in [0, 0.05) is 21.7 Å². The molecule has 0 aromatic carbocycles. The van der Waals surface area contributed by atoms with Crippen molar-refractivity contribution in [2.75, 3.05) is 0 Å². The van der Waals surface area contributed by atoms with Gasteiger partial charge < -0.3 is 21.2 Å². The van der Waals surface area contributed by atoms with Crippen molar-refractivity contribution >= 4 is 7.32 Å². The van der Waals surface area contributed by atoms with E-state index in [1.165, 1.54) is 0 Å². The van der Waals surface area contributed by atoms with Crippen LogP contribution in [0.25, 0.3) is 0 Å². The van der Waals surface area contributed by atoms with Gasteiger partial charge in [0.05, 0.1) is 0 Å². The monoisotopic (exact) mass is 127 g/mol. The molecule has 0 aliphatic heterocycles. The third-order valence-corrected chi connectivity index (χ3v) is 0. The molecule has 6 N–H and O–H groups in total. The molecule has 0 atom stereocenters. The van der Waals surface area contributed by atoms with E-state index in [0.29, 0.717) is 0 Å². The van der Waals surface area contributed by atoms with Crippen LogP contribution < -0.4 is 6.15 Å². The Morgan fingerprint density at radius 1 is 1.00 bits per heavy atom. The summed E-state index contributed by atoms with van der Waals surface area (Å²) in [7, 11) is -2.17. The van der Waals surface area contributed by atoms with Crippen LogP contribution in [0.1, 0.15) is 0 Å².